The lowest BCUT2D eigenvalue weighted by Crippen LogP contribution is -2.31. The molecule has 1 aromatic heterocycles. The van der Waals surface area contributed by atoms with E-state index in [1.165, 1.54) is 5.56 Å². The molecule has 0 bridgehead atoms. The van der Waals surface area contributed by atoms with Crippen LogP contribution in [-0.2, 0) is 17.6 Å². The number of hydrogen-bond acceptors (Lipinski definition) is 4. The van der Waals surface area contributed by atoms with Gasteiger partial charge in [-0.2, -0.15) is 0 Å². The second-order valence-corrected chi connectivity index (χ2v) is 7.42. The number of benzene rings is 2. The van der Waals surface area contributed by atoms with Crippen molar-refractivity contribution in [2.24, 2.45) is 0 Å². The Labute approximate surface area is 149 Å². The number of rotatable bonds is 2. The molecule has 1 N–H and O–H groups in total. The Bertz CT molecular complexity index is 1010. The third kappa shape index (κ3) is 2.35. The molecule has 0 unspecified atom stereocenters. The second-order valence-electron chi connectivity index (χ2n) is 6.56. The molecule has 5 heteroatoms. The van der Waals surface area contributed by atoms with E-state index in [1.807, 2.05) is 22.4 Å². The molecule has 5 rings (SSSR count). The van der Waals surface area contributed by atoms with Gasteiger partial charge in [-0.1, -0.05) is 12.1 Å². The smallest absolute Gasteiger partial charge is 0.231 e. The maximum absolute atomic E-state index is 12.2. The predicted octanol–water partition coefficient (Wildman–Crippen LogP) is 4.02. The number of aryl methyl sites for hydroxylation is 1. The molecule has 0 atom stereocenters. The molecule has 0 saturated carbocycles. The number of nitrogens with zero attached hydrogens (tertiary/aromatic N) is 2. The molecule has 124 valence electrons. The summed E-state index contributed by atoms with van der Waals surface area (Å²) in [7, 11) is 0. The Kier molecular flexibility index (Phi) is 3.18. The van der Waals surface area contributed by atoms with Crippen molar-refractivity contribution in [2.75, 3.05) is 11.4 Å². The monoisotopic (exact) mass is 348 g/mol. The van der Waals surface area contributed by atoms with E-state index in [1.54, 1.807) is 23.5 Å². The first kappa shape index (κ1) is 14.7. The van der Waals surface area contributed by atoms with Crippen LogP contribution in [0.25, 0.3) is 21.8 Å². The van der Waals surface area contributed by atoms with E-state index in [-0.39, 0.29) is 11.7 Å². The maximum Gasteiger partial charge on any atom is 0.231 e. The van der Waals surface area contributed by atoms with Crippen LogP contribution in [0.15, 0.2) is 41.8 Å². The summed E-state index contributed by atoms with van der Waals surface area (Å²) in [5.74, 6) is 0.460. The first-order valence-corrected chi connectivity index (χ1v) is 9.28. The van der Waals surface area contributed by atoms with Crippen LogP contribution in [-0.4, -0.2) is 22.5 Å². The lowest BCUT2D eigenvalue weighted by atomic mass is 9.96. The van der Waals surface area contributed by atoms with Crippen molar-refractivity contribution in [3.05, 3.63) is 52.9 Å². The van der Waals surface area contributed by atoms with Gasteiger partial charge in [0.2, 0.25) is 5.91 Å². The molecule has 2 aliphatic heterocycles. The summed E-state index contributed by atoms with van der Waals surface area (Å²) in [5.41, 5.74) is 6.45. The number of anilines is 1. The van der Waals surface area contributed by atoms with Gasteiger partial charge in [0.15, 0.2) is 0 Å². The van der Waals surface area contributed by atoms with Crippen molar-refractivity contribution in [3.8, 4) is 27.6 Å². The molecular weight excluding hydrogens is 332 g/mol. The molecule has 0 radical (unpaired) electrons. The Morgan fingerprint density at radius 3 is 2.88 bits per heavy atom. The van der Waals surface area contributed by atoms with E-state index in [0.717, 1.165) is 52.5 Å². The van der Waals surface area contributed by atoms with Crippen molar-refractivity contribution in [2.45, 2.75) is 19.3 Å². The van der Waals surface area contributed by atoms with Gasteiger partial charge in [-0.15, -0.1) is 11.3 Å². The van der Waals surface area contributed by atoms with Crippen molar-refractivity contribution in [3.63, 3.8) is 0 Å². The van der Waals surface area contributed by atoms with Gasteiger partial charge in [0.05, 0.1) is 17.8 Å². The molecule has 0 aliphatic carbocycles. The van der Waals surface area contributed by atoms with Gasteiger partial charge in [-0.3, -0.25) is 4.79 Å². The van der Waals surface area contributed by atoms with Gasteiger partial charge in [-0.25, -0.2) is 4.98 Å². The van der Waals surface area contributed by atoms with Crippen LogP contribution in [0.3, 0.4) is 0 Å². The molecule has 3 heterocycles. The summed E-state index contributed by atoms with van der Waals surface area (Å²) >= 11 is 1.57. The van der Waals surface area contributed by atoms with Crippen LogP contribution in [0.5, 0.6) is 5.75 Å². The number of amides is 1. The highest BCUT2D eigenvalue weighted by atomic mass is 32.1. The fourth-order valence-electron chi connectivity index (χ4n) is 3.80. The Hall–Kier alpha value is -2.66. The Morgan fingerprint density at radius 1 is 1.12 bits per heavy atom. The average molecular weight is 348 g/mol. The number of phenols is 1. The predicted molar refractivity (Wildman–Crippen MR) is 99.0 cm³/mol. The third-order valence-corrected chi connectivity index (χ3v) is 5.79. The normalized spacial score (nSPS) is 15.5. The number of thiazole rings is 1. The van der Waals surface area contributed by atoms with Crippen LogP contribution in [0.2, 0.25) is 0 Å². The van der Waals surface area contributed by atoms with Crippen molar-refractivity contribution in [1.29, 1.82) is 0 Å². The zero-order chi connectivity index (χ0) is 17.0. The zero-order valence-corrected chi connectivity index (χ0v) is 14.3. The Balaban J connectivity index is 1.57. The molecule has 0 spiro atoms. The second kappa shape index (κ2) is 5.43. The summed E-state index contributed by atoms with van der Waals surface area (Å²) in [4.78, 5) is 18.9. The highest BCUT2D eigenvalue weighted by molar-refractivity contribution is 7.13. The van der Waals surface area contributed by atoms with E-state index in [4.69, 9.17) is 4.98 Å². The van der Waals surface area contributed by atoms with E-state index in [9.17, 15) is 9.90 Å². The fraction of sp³-hybridized carbons (Fsp3) is 0.200. The molecule has 25 heavy (non-hydrogen) atoms. The lowest BCUT2D eigenvalue weighted by molar-refractivity contribution is -0.117. The molecule has 3 aromatic rings. The highest BCUT2D eigenvalue weighted by Gasteiger charge is 2.32. The molecule has 1 amide bonds. The number of aromatic hydroxyl groups is 1. The van der Waals surface area contributed by atoms with Gasteiger partial charge in [0.1, 0.15) is 10.8 Å². The van der Waals surface area contributed by atoms with E-state index in [0.29, 0.717) is 6.42 Å². The van der Waals surface area contributed by atoms with Crippen LogP contribution in [0, 0.1) is 0 Å². The highest BCUT2D eigenvalue weighted by Crippen LogP contribution is 2.40. The van der Waals surface area contributed by atoms with Gasteiger partial charge in [0, 0.05) is 23.1 Å². The molecule has 2 aliphatic rings. The summed E-state index contributed by atoms with van der Waals surface area (Å²) in [6.45, 7) is 0.844. The minimum Gasteiger partial charge on any atom is -0.508 e. The van der Waals surface area contributed by atoms with Crippen LogP contribution < -0.4 is 4.90 Å². The van der Waals surface area contributed by atoms with Crippen LogP contribution in [0.4, 0.5) is 5.69 Å². The summed E-state index contributed by atoms with van der Waals surface area (Å²) in [6, 6.07) is 11.5. The Morgan fingerprint density at radius 2 is 2.00 bits per heavy atom. The van der Waals surface area contributed by atoms with E-state index >= 15 is 0 Å². The van der Waals surface area contributed by atoms with Gasteiger partial charge >= 0.3 is 0 Å². The number of phenolic OH excluding ortho intramolecular Hbond substituents is 1. The van der Waals surface area contributed by atoms with Crippen molar-refractivity contribution >= 4 is 22.9 Å². The molecule has 2 aromatic carbocycles. The first-order chi connectivity index (χ1) is 12.2. The summed E-state index contributed by atoms with van der Waals surface area (Å²) < 4.78 is 0. The maximum atomic E-state index is 12.2. The average Bonchev–Trinajstić information content (AvgIpc) is 3.22. The number of carbonyl (C=O) groups excluding carboxylic acids is 1. The van der Waals surface area contributed by atoms with E-state index in [2.05, 4.69) is 12.1 Å². The van der Waals surface area contributed by atoms with E-state index < -0.39 is 0 Å². The summed E-state index contributed by atoms with van der Waals surface area (Å²) in [6.07, 6.45) is 2.54. The molecule has 4 nitrogen and oxygen atoms in total. The van der Waals surface area contributed by atoms with Gasteiger partial charge in [-0.05, 0) is 48.2 Å². The van der Waals surface area contributed by atoms with Crippen molar-refractivity contribution in [1.82, 2.24) is 4.98 Å². The zero-order valence-electron chi connectivity index (χ0n) is 13.5. The number of carbonyl (C=O) groups is 1. The minimum absolute atomic E-state index is 0.215. The molecule has 0 fully saturated rings. The topological polar surface area (TPSA) is 53.4 Å². The summed E-state index contributed by atoms with van der Waals surface area (Å²) in [5, 5.41) is 12.6. The van der Waals surface area contributed by atoms with Gasteiger partial charge < -0.3 is 10.0 Å². The first-order valence-electron chi connectivity index (χ1n) is 8.40. The lowest BCUT2D eigenvalue weighted by Gasteiger charge is -2.25. The van der Waals surface area contributed by atoms with Crippen LogP contribution >= 0.6 is 11.3 Å². The number of hydrogen-bond donors (Lipinski definition) is 1. The largest absolute Gasteiger partial charge is 0.508 e. The molecular formula is C20H16N2O2S. The van der Waals surface area contributed by atoms with Crippen LogP contribution in [0.1, 0.15) is 17.5 Å². The molecule has 0 saturated heterocycles. The van der Waals surface area contributed by atoms with Gasteiger partial charge in [0.25, 0.3) is 0 Å². The standard InChI is InChI=1S/C20H16N2O2S/c23-16-5-1-3-13(9-16)20-21-17(11-25-20)14-7-12-4-2-6-22-18(24)10-15(8-14)19(12)22/h1,3,5,7-9,11,23H,2,4,6,10H2. The number of aromatic nitrogens is 1. The van der Waals surface area contributed by atoms with Crippen molar-refractivity contribution < 1.29 is 9.90 Å². The third-order valence-electron chi connectivity index (χ3n) is 4.90. The SMILES string of the molecule is O=C1Cc2cc(-c3csc(-c4cccc(O)c4)n3)cc3c2N1CCC3. The fourth-order valence-corrected chi connectivity index (χ4v) is 4.63. The minimum atomic E-state index is 0.215. The quantitative estimate of drug-likeness (QED) is 0.761.